The van der Waals surface area contributed by atoms with Crippen molar-refractivity contribution in [1.29, 1.82) is 10.8 Å². The number of benzene rings is 1. The van der Waals surface area contributed by atoms with Crippen LogP contribution in [0.25, 0.3) is 0 Å². The highest BCUT2D eigenvalue weighted by Crippen LogP contribution is 1.94. The number of nitrogens with one attached hydrogen (secondary N) is 2. The van der Waals surface area contributed by atoms with E-state index in [-0.39, 0.29) is 0 Å². The summed E-state index contributed by atoms with van der Waals surface area (Å²) in [5, 5.41) is 10.8. The number of isocyanates is 2. The van der Waals surface area contributed by atoms with E-state index >= 15 is 0 Å². The molecule has 0 heterocycles. The first-order valence-corrected chi connectivity index (χ1v) is 3.58. The zero-order chi connectivity index (χ0) is 11.2. The quantitative estimate of drug-likeness (QED) is 0.456. The van der Waals surface area contributed by atoms with Gasteiger partial charge in [-0.2, -0.15) is 0 Å². The van der Waals surface area contributed by atoms with Crippen LogP contribution in [-0.4, -0.2) is 12.2 Å². The monoisotopic (exact) mass is 193 g/mol. The Morgan fingerprint density at radius 2 is 1.43 bits per heavy atom. The van der Waals surface area contributed by atoms with E-state index in [9.17, 15) is 0 Å². The lowest BCUT2D eigenvalue weighted by Gasteiger charge is -1.90. The molecule has 0 saturated heterocycles. The van der Waals surface area contributed by atoms with Crippen LogP contribution < -0.4 is 5.73 Å². The zero-order valence-electron chi connectivity index (χ0n) is 7.49. The van der Waals surface area contributed by atoms with Gasteiger partial charge in [0.1, 0.15) is 0 Å². The van der Waals surface area contributed by atoms with E-state index in [0.29, 0.717) is 6.54 Å². The molecular weight excluding hydrogens is 182 g/mol. The smallest absolute Gasteiger partial charge is 0.231 e. The summed E-state index contributed by atoms with van der Waals surface area (Å²) >= 11 is 0. The van der Waals surface area contributed by atoms with Crippen LogP contribution in [0.2, 0.25) is 0 Å². The Morgan fingerprint density at radius 1 is 1.07 bits per heavy atom. The summed E-state index contributed by atoms with van der Waals surface area (Å²) in [6, 6.07) is 9.99. The Balaban J connectivity index is 0. The number of hydrogen-bond donors (Lipinski definition) is 3. The van der Waals surface area contributed by atoms with Gasteiger partial charge in [-0.05, 0) is 5.56 Å². The van der Waals surface area contributed by atoms with Crippen molar-refractivity contribution in [2.75, 3.05) is 0 Å². The fraction of sp³-hybridized carbons (Fsp3) is 0.111. The van der Waals surface area contributed by atoms with E-state index < -0.39 is 0 Å². The third kappa shape index (κ3) is 12.6. The van der Waals surface area contributed by atoms with Gasteiger partial charge < -0.3 is 5.73 Å². The molecule has 0 aliphatic carbocycles. The van der Waals surface area contributed by atoms with E-state index in [1.54, 1.807) is 0 Å². The van der Waals surface area contributed by atoms with E-state index in [4.69, 9.17) is 26.1 Å². The van der Waals surface area contributed by atoms with Crippen molar-refractivity contribution in [2.45, 2.75) is 6.54 Å². The van der Waals surface area contributed by atoms with Crippen LogP contribution >= 0.6 is 0 Å². The van der Waals surface area contributed by atoms with Crippen LogP contribution in [0.1, 0.15) is 5.56 Å². The molecule has 0 aliphatic heterocycles. The average molecular weight is 193 g/mol. The van der Waals surface area contributed by atoms with Crippen LogP contribution in [0.15, 0.2) is 30.3 Å². The topological polar surface area (TPSA) is 108 Å². The molecule has 0 fully saturated rings. The lowest BCUT2D eigenvalue weighted by Crippen LogP contribution is -1.94. The molecule has 0 unspecified atom stereocenters. The first-order chi connectivity index (χ1) is 6.76. The van der Waals surface area contributed by atoms with Gasteiger partial charge in [-0.25, -0.2) is 20.4 Å². The number of carbonyl (C=O) groups excluding carboxylic acids is 2. The maximum absolute atomic E-state index is 8.35. The summed E-state index contributed by atoms with van der Waals surface area (Å²) in [7, 11) is 0. The lowest BCUT2D eigenvalue weighted by atomic mass is 10.2. The van der Waals surface area contributed by atoms with Crippen LogP contribution in [0, 0.1) is 10.8 Å². The summed E-state index contributed by atoms with van der Waals surface area (Å²) in [5.41, 5.74) is 6.54. The third-order valence-corrected chi connectivity index (χ3v) is 1.08. The predicted octanol–water partition coefficient (Wildman–Crippen LogP) is 0.947. The normalized spacial score (nSPS) is 6.36. The van der Waals surface area contributed by atoms with E-state index in [0.717, 1.165) is 12.2 Å². The highest BCUT2D eigenvalue weighted by atomic mass is 16.1. The minimum absolute atomic E-state index is 0.640. The van der Waals surface area contributed by atoms with Gasteiger partial charge in [0.2, 0.25) is 12.2 Å². The molecule has 14 heavy (non-hydrogen) atoms. The van der Waals surface area contributed by atoms with Gasteiger partial charge in [-0.15, -0.1) is 0 Å². The molecule has 0 aromatic heterocycles. The van der Waals surface area contributed by atoms with Crippen molar-refractivity contribution < 1.29 is 9.59 Å². The van der Waals surface area contributed by atoms with E-state index in [2.05, 4.69) is 0 Å². The maximum Gasteiger partial charge on any atom is 0.231 e. The first-order valence-electron chi connectivity index (χ1n) is 3.58. The summed E-state index contributed by atoms with van der Waals surface area (Å²) in [6.45, 7) is 0.640. The zero-order valence-corrected chi connectivity index (χ0v) is 7.49. The second kappa shape index (κ2) is 13.5. The number of nitrogens with two attached hydrogens (primary N) is 1. The van der Waals surface area contributed by atoms with Crippen LogP contribution in [0.3, 0.4) is 0 Å². The molecule has 5 heteroatoms. The Kier molecular flexibility index (Phi) is 14.0. The molecule has 0 atom stereocenters. The molecule has 0 aliphatic rings. The SMILES string of the molecule is N=C=O.N=C=O.NCc1ccccc1. The molecule has 1 aromatic rings. The van der Waals surface area contributed by atoms with Crippen molar-refractivity contribution >= 4 is 12.2 Å². The molecular formula is C9H11N3O2. The van der Waals surface area contributed by atoms with Gasteiger partial charge in [-0.3, -0.25) is 0 Å². The standard InChI is InChI=1S/C7H9N.2CHNO/c8-6-7-4-2-1-3-5-7;2*2-1-3/h1-5H,6,8H2;2*2H. The molecule has 4 N–H and O–H groups in total. The number of hydrogen-bond acceptors (Lipinski definition) is 5. The Hall–Kier alpha value is -2.06. The molecule has 0 saturated carbocycles. The lowest BCUT2D eigenvalue weighted by molar-refractivity contribution is 0.562. The maximum atomic E-state index is 8.35. The predicted molar refractivity (Wildman–Crippen MR) is 51.2 cm³/mol. The molecule has 0 amide bonds. The van der Waals surface area contributed by atoms with Crippen LogP contribution in [0.4, 0.5) is 0 Å². The summed E-state index contributed by atoms with van der Waals surface area (Å²) in [6.07, 6.45) is 1.50. The second-order valence-electron chi connectivity index (χ2n) is 1.89. The Labute approximate surface area is 81.6 Å². The van der Waals surface area contributed by atoms with Crippen LogP contribution in [0.5, 0.6) is 0 Å². The number of rotatable bonds is 1. The fourth-order valence-electron chi connectivity index (χ4n) is 0.614. The van der Waals surface area contributed by atoms with Crippen molar-refractivity contribution in [2.24, 2.45) is 5.73 Å². The molecule has 0 radical (unpaired) electrons. The van der Waals surface area contributed by atoms with Gasteiger partial charge in [0, 0.05) is 6.54 Å². The highest BCUT2D eigenvalue weighted by Gasteiger charge is 1.80. The molecule has 0 spiro atoms. The van der Waals surface area contributed by atoms with Gasteiger partial charge in [0.25, 0.3) is 0 Å². The summed E-state index contributed by atoms with van der Waals surface area (Å²) in [4.78, 5) is 16.7. The van der Waals surface area contributed by atoms with Gasteiger partial charge in [0.15, 0.2) is 0 Å². The average Bonchev–Trinajstić information content (AvgIpc) is 2.21. The van der Waals surface area contributed by atoms with E-state index in [1.165, 1.54) is 5.56 Å². The highest BCUT2D eigenvalue weighted by molar-refractivity contribution is 5.26. The van der Waals surface area contributed by atoms with Crippen LogP contribution in [-0.2, 0) is 16.1 Å². The molecule has 1 aromatic carbocycles. The summed E-state index contributed by atoms with van der Waals surface area (Å²) in [5.74, 6) is 0. The minimum atomic E-state index is 0.640. The summed E-state index contributed by atoms with van der Waals surface area (Å²) < 4.78 is 0. The first kappa shape index (κ1) is 14.5. The fourth-order valence-corrected chi connectivity index (χ4v) is 0.614. The largest absolute Gasteiger partial charge is 0.326 e. The van der Waals surface area contributed by atoms with E-state index in [1.807, 2.05) is 30.3 Å². The third-order valence-electron chi connectivity index (χ3n) is 1.08. The Bertz CT molecular complexity index is 274. The molecule has 5 nitrogen and oxygen atoms in total. The molecule has 0 bridgehead atoms. The molecule has 1 rings (SSSR count). The van der Waals surface area contributed by atoms with Gasteiger partial charge in [0.05, 0.1) is 0 Å². The van der Waals surface area contributed by atoms with Gasteiger partial charge in [-0.1, -0.05) is 30.3 Å². The van der Waals surface area contributed by atoms with Crippen molar-refractivity contribution in [3.05, 3.63) is 35.9 Å². The van der Waals surface area contributed by atoms with Gasteiger partial charge >= 0.3 is 0 Å². The minimum Gasteiger partial charge on any atom is -0.326 e. The second-order valence-corrected chi connectivity index (χ2v) is 1.89. The Morgan fingerprint density at radius 3 is 1.64 bits per heavy atom. The van der Waals surface area contributed by atoms with Crippen molar-refractivity contribution in [3.63, 3.8) is 0 Å². The molecule has 74 valence electrons. The van der Waals surface area contributed by atoms with Crippen molar-refractivity contribution in [1.82, 2.24) is 0 Å². The van der Waals surface area contributed by atoms with Crippen molar-refractivity contribution in [3.8, 4) is 0 Å².